The minimum absolute atomic E-state index is 0.151. The number of allylic oxidation sites excluding steroid dienone is 1. The molecular weight excluding hydrogens is 220 g/mol. The number of methoxy groups -OCH3 is 1. The Bertz CT molecular complexity index is 440. The normalized spacial score (nSPS) is 44.2. The van der Waals surface area contributed by atoms with Crippen LogP contribution in [0, 0.1) is 5.92 Å². The highest BCUT2D eigenvalue weighted by Crippen LogP contribution is 2.53. The summed E-state index contributed by atoms with van der Waals surface area (Å²) in [7, 11) is 1.41. The Kier molecular flexibility index (Phi) is 2.15. The lowest BCUT2D eigenvalue weighted by Crippen LogP contribution is -2.52. The standard InChI is InChI=1S/C13H16O4/c1-17-13(16)7-4-9(14)11-10(13)8-2-5-12(11,15)6-3-8/h4,7-8,15-16H,2-3,5-6H2,1H3. The topological polar surface area (TPSA) is 66.8 Å². The fourth-order valence-electron chi connectivity index (χ4n) is 3.46. The molecule has 2 N–H and O–H groups in total. The van der Waals surface area contributed by atoms with Gasteiger partial charge in [-0.25, -0.2) is 0 Å². The van der Waals surface area contributed by atoms with Crippen LogP contribution in [0.25, 0.3) is 0 Å². The number of carbonyl (C=O) groups excluding carboxylic acids is 1. The second kappa shape index (κ2) is 3.28. The number of aliphatic hydroxyl groups is 2. The highest BCUT2D eigenvalue weighted by molar-refractivity contribution is 6.08. The molecule has 1 saturated carbocycles. The molecule has 4 nitrogen and oxygen atoms in total. The van der Waals surface area contributed by atoms with Gasteiger partial charge in [0.05, 0.1) is 5.60 Å². The smallest absolute Gasteiger partial charge is 0.209 e. The first-order valence-electron chi connectivity index (χ1n) is 5.99. The van der Waals surface area contributed by atoms with Crippen LogP contribution in [0.4, 0.5) is 0 Å². The predicted octanol–water partition coefficient (Wildman–Crippen LogP) is 0.692. The van der Waals surface area contributed by atoms with Crippen molar-refractivity contribution in [3.05, 3.63) is 23.3 Å². The van der Waals surface area contributed by atoms with Gasteiger partial charge in [-0.2, -0.15) is 0 Å². The molecule has 17 heavy (non-hydrogen) atoms. The molecule has 0 amide bonds. The SMILES string of the molecule is COC1(O)C=CC(=O)C2=C1C1CCC2(O)CC1. The second-order valence-electron chi connectivity index (χ2n) is 5.19. The van der Waals surface area contributed by atoms with E-state index in [0.29, 0.717) is 24.0 Å². The summed E-state index contributed by atoms with van der Waals surface area (Å²) in [6.07, 6.45) is 5.52. The Balaban J connectivity index is 2.22. The highest BCUT2D eigenvalue weighted by atomic mass is 16.6. The third kappa shape index (κ3) is 1.32. The van der Waals surface area contributed by atoms with E-state index in [4.69, 9.17) is 4.74 Å². The Hall–Kier alpha value is -0.970. The summed E-state index contributed by atoms with van der Waals surface area (Å²) in [6.45, 7) is 0. The quantitative estimate of drug-likeness (QED) is 0.657. The van der Waals surface area contributed by atoms with E-state index in [1.807, 2.05) is 0 Å². The van der Waals surface area contributed by atoms with Crippen LogP contribution in [-0.2, 0) is 9.53 Å². The van der Waals surface area contributed by atoms with Crippen LogP contribution in [0.3, 0.4) is 0 Å². The van der Waals surface area contributed by atoms with E-state index in [0.717, 1.165) is 12.8 Å². The fourth-order valence-corrected chi connectivity index (χ4v) is 3.46. The first-order chi connectivity index (χ1) is 8.00. The molecule has 0 radical (unpaired) electrons. The number of hydrogen-bond acceptors (Lipinski definition) is 4. The van der Waals surface area contributed by atoms with Crippen LogP contribution in [0.15, 0.2) is 23.3 Å². The van der Waals surface area contributed by atoms with Gasteiger partial charge >= 0.3 is 0 Å². The zero-order valence-electron chi connectivity index (χ0n) is 9.77. The predicted molar refractivity (Wildman–Crippen MR) is 60.0 cm³/mol. The van der Waals surface area contributed by atoms with Crippen molar-refractivity contribution in [1.82, 2.24) is 0 Å². The van der Waals surface area contributed by atoms with Gasteiger partial charge in [-0.15, -0.1) is 0 Å². The Labute approximate surface area is 99.6 Å². The van der Waals surface area contributed by atoms with Crippen molar-refractivity contribution >= 4 is 5.78 Å². The summed E-state index contributed by atoms with van der Waals surface area (Å²) < 4.78 is 5.14. The average molecular weight is 236 g/mol. The number of fused-ring (bicyclic) bond motifs is 2. The molecular formula is C13H16O4. The number of carbonyl (C=O) groups is 1. The van der Waals surface area contributed by atoms with Crippen molar-refractivity contribution < 1.29 is 19.7 Å². The van der Waals surface area contributed by atoms with Gasteiger partial charge in [0.25, 0.3) is 0 Å². The lowest BCUT2D eigenvalue weighted by molar-refractivity contribution is -0.141. The second-order valence-corrected chi connectivity index (χ2v) is 5.19. The van der Waals surface area contributed by atoms with Crippen molar-refractivity contribution in [1.29, 1.82) is 0 Å². The van der Waals surface area contributed by atoms with E-state index in [-0.39, 0.29) is 11.7 Å². The lowest BCUT2D eigenvalue weighted by Gasteiger charge is -2.49. The van der Waals surface area contributed by atoms with Crippen LogP contribution in [0.2, 0.25) is 0 Å². The maximum atomic E-state index is 12.0. The molecule has 1 fully saturated rings. The monoisotopic (exact) mass is 236 g/mol. The van der Waals surface area contributed by atoms with Crippen molar-refractivity contribution in [2.45, 2.75) is 37.1 Å². The van der Waals surface area contributed by atoms with Gasteiger partial charge in [-0.1, -0.05) is 0 Å². The van der Waals surface area contributed by atoms with Gasteiger partial charge in [0.1, 0.15) is 0 Å². The van der Waals surface area contributed by atoms with E-state index in [9.17, 15) is 15.0 Å². The summed E-state index contributed by atoms with van der Waals surface area (Å²) >= 11 is 0. The average Bonchev–Trinajstić information content (AvgIpc) is 2.34. The van der Waals surface area contributed by atoms with Crippen LogP contribution in [0.1, 0.15) is 25.7 Å². The van der Waals surface area contributed by atoms with E-state index in [1.165, 1.54) is 19.3 Å². The molecule has 4 heteroatoms. The Morgan fingerprint density at radius 1 is 1.35 bits per heavy atom. The van der Waals surface area contributed by atoms with E-state index >= 15 is 0 Å². The number of rotatable bonds is 1. The zero-order valence-corrected chi connectivity index (χ0v) is 9.77. The van der Waals surface area contributed by atoms with Crippen molar-refractivity contribution in [2.75, 3.05) is 7.11 Å². The molecule has 0 spiro atoms. The maximum Gasteiger partial charge on any atom is 0.209 e. The lowest BCUT2D eigenvalue weighted by atomic mass is 9.60. The van der Waals surface area contributed by atoms with Gasteiger partial charge in [0.2, 0.25) is 5.79 Å². The van der Waals surface area contributed by atoms with Gasteiger partial charge in [-0.05, 0) is 43.8 Å². The fraction of sp³-hybridized carbons (Fsp3) is 0.615. The molecule has 0 saturated heterocycles. The molecule has 92 valence electrons. The number of hydrogen-bond donors (Lipinski definition) is 2. The number of ketones is 1. The molecule has 1 unspecified atom stereocenters. The Morgan fingerprint density at radius 2 is 2.00 bits per heavy atom. The molecule has 0 heterocycles. The molecule has 1 atom stereocenters. The van der Waals surface area contributed by atoms with Crippen molar-refractivity contribution in [3.8, 4) is 0 Å². The van der Waals surface area contributed by atoms with Crippen LogP contribution < -0.4 is 0 Å². The molecule has 4 aliphatic rings. The Morgan fingerprint density at radius 3 is 2.59 bits per heavy atom. The summed E-state index contributed by atoms with van der Waals surface area (Å²) in [4.78, 5) is 12.0. The summed E-state index contributed by atoms with van der Waals surface area (Å²) in [5.74, 6) is -1.55. The third-order valence-corrected chi connectivity index (χ3v) is 4.36. The highest BCUT2D eigenvalue weighted by Gasteiger charge is 2.53. The van der Waals surface area contributed by atoms with Crippen molar-refractivity contribution in [3.63, 3.8) is 0 Å². The van der Waals surface area contributed by atoms with Crippen LogP contribution in [0.5, 0.6) is 0 Å². The van der Waals surface area contributed by atoms with E-state index in [1.54, 1.807) is 0 Å². The largest absolute Gasteiger partial charge is 0.385 e. The van der Waals surface area contributed by atoms with Crippen LogP contribution in [-0.4, -0.2) is 34.5 Å². The summed E-state index contributed by atoms with van der Waals surface area (Å²) in [6, 6.07) is 0. The molecule has 0 aromatic carbocycles. The minimum Gasteiger partial charge on any atom is -0.385 e. The molecule has 4 rings (SSSR count). The summed E-state index contributed by atoms with van der Waals surface area (Å²) in [5, 5.41) is 20.9. The molecule has 0 aromatic rings. The van der Waals surface area contributed by atoms with Gasteiger partial charge in [0, 0.05) is 18.3 Å². The first-order valence-corrected chi connectivity index (χ1v) is 5.99. The molecule has 4 aliphatic carbocycles. The third-order valence-electron chi connectivity index (χ3n) is 4.36. The molecule has 2 bridgehead atoms. The van der Waals surface area contributed by atoms with Gasteiger partial charge in [0.15, 0.2) is 5.78 Å². The van der Waals surface area contributed by atoms with Gasteiger partial charge in [-0.3, -0.25) is 4.79 Å². The molecule has 0 aromatic heterocycles. The van der Waals surface area contributed by atoms with Crippen LogP contribution >= 0.6 is 0 Å². The van der Waals surface area contributed by atoms with Gasteiger partial charge < -0.3 is 14.9 Å². The zero-order chi connectivity index (χ0) is 12.3. The van der Waals surface area contributed by atoms with E-state index in [2.05, 4.69) is 0 Å². The minimum atomic E-state index is -1.51. The van der Waals surface area contributed by atoms with Crippen molar-refractivity contribution in [2.24, 2.45) is 5.92 Å². The summed E-state index contributed by atoms with van der Waals surface area (Å²) in [5.41, 5.74) is -0.0855. The van der Waals surface area contributed by atoms with E-state index < -0.39 is 11.4 Å². The number of ether oxygens (including phenoxy) is 1. The molecule has 0 aliphatic heterocycles. The first kappa shape index (κ1) is 11.1. The maximum absolute atomic E-state index is 12.0.